The second-order valence-corrected chi connectivity index (χ2v) is 5.72. The first-order valence-electron chi connectivity index (χ1n) is 6.26. The van der Waals surface area contributed by atoms with E-state index in [2.05, 4.69) is 32.7 Å². The molecule has 1 aliphatic heterocycles. The Kier molecular flexibility index (Phi) is 3.34. The minimum absolute atomic E-state index is 0.282. The van der Waals surface area contributed by atoms with Crippen LogP contribution in [-0.2, 0) is 9.31 Å². The third kappa shape index (κ3) is 2.50. The molecule has 96 valence electrons. The van der Waals surface area contributed by atoms with Crippen LogP contribution in [-0.4, -0.2) is 23.3 Å². The third-order valence-electron chi connectivity index (χ3n) is 3.77. The molecule has 0 amide bonds. The molecule has 1 aliphatic rings. The fourth-order valence-corrected chi connectivity index (χ4v) is 1.82. The van der Waals surface area contributed by atoms with Gasteiger partial charge in [-0.15, -0.1) is 0 Å². The van der Waals surface area contributed by atoms with Gasteiger partial charge in [0.2, 0.25) is 0 Å². The van der Waals surface area contributed by atoms with Crippen LogP contribution in [0.5, 0.6) is 0 Å². The number of rotatable bonds is 2. The van der Waals surface area contributed by atoms with Gasteiger partial charge in [0.25, 0.3) is 0 Å². The lowest BCUT2D eigenvalue weighted by Gasteiger charge is -2.32. The lowest BCUT2D eigenvalue weighted by molar-refractivity contribution is 0.00578. The largest absolute Gasteiger partial charge is 0.487 e. The molecule has 0 bridgehead atoms. The topological polar surface area (TPSA) is 31.4 Å². The minimum atomic E-state index is -0.289. The van der Waals surface area contributed by atoms with Gasteiger partial charge in [-0.1, -0.05) is 12.1 Å². The molecule has 0 unspecified atom stereocenters. The van der Waals surface area contributed by atoms with Crippen LogP contribution < -0.4 is 0 Å². The second-order valence-electron chi connectivity index (χ2n) is 5.72. The molecule has 0 spiro atoms. The zero-order valence-electron chi connectivity index (χ0n) is 11.7. The molecule has 0 saturated carbocycles. The summed E-state index contributed by atoms with van der Waals surface area (Å²) in [5.41, 5.74) is 1.72. The van der Waals surface area contributed by atoms with Crippen LogP contribution in [0.4, 0.5) is 0 Å². The predicted octanol–water partition coefficient (Wildman–Crippen LogP) is 3.03. The molecule has 0 aromatic carbocycles. The lowest BCUT2D eigenvalue weighted by atomic mass is 9.89. The first-order chi connectivity index (χ1) is 8.32. The molecule has 3 nitrogen and oxygen atoms in total. The summed E-state index contributed by atoms with van der Waals surface area (Å²) in [5, 5.41) is 0. The fourth-order valence-electron chi connectivity index (χ4n) is 1.82. The Hall–Kier alpha value is -1.13. The zero-order valence-corrected chi connectivity index (χ0v) is 11.7. The summed E-state index contributed by atoms with van der Waals surface area (Å²) in [4.78, 5) is 4.07. The molecule has 4 heteroatoms. The summed E-state index contributed by atoms with van der Waals surface area (Å²) in [6.07, 6.45) is 5.67. The number of aryl methyl sites for hydroxylation is 1. The van der Waals surface area contributed by atoms with Crippen LogP contribution >= 0.6 is 0 Å². The average molecular weight is 245 g/mol. The van der Waals surface area contributed by atoms with Crippen LogP contribution in [0.15, 0.2) is 24.4 Å². The van der Waals surface area contributed by atoms with Crippen LogP contribution in [0, 0.1) is 6.92 Å². The number of hydrogen-bond donors (Lipinski definition) is 0. The summed E-state index contributed by atoms with van der Waals surface area (Å²) >= 11 is 0. The molecule has 0 radical (unpaired) electrons. The fraction of sp³-hybridized carbons (Fsp3) is 0.500. The van der Waals surface area contributed by atoms with E-state index in [9.17, 15) is 0 Å². The van der Waals surface area contributed by atoms with Crippen molar-refractivity contribution in [3.8, 4) is 0 Å². The van der Waals surface area contributed by atoms with Gasteiger partial charge in [-0.05, 0) is 51.8 Å². The van der Waals surface area contributed by atoms with E-state index in [4.69, 9.17) is 9.31 Å². The van der Waals surface area contributed by atoms with Gasteiger partial charge in [-0.25, -0.2) is 0 Å². The van der Waals surface area contributed by atoms with Gasteiger partial charge in [-0.3, -0.25) is 4.98 Å². The normalized spacial score (nSPS) is 21.7. The molecule has 2 heterocycles. The minimum Gasteiger partial charge on any atom is -0.400 e. The highest BCUT2D eigenvalue weighted by Crippen LogP contribution is 2.37. The number of hydrogen-bond acceptors (Lipinski definition) is 3. The van der Waals surface area contributed by atoms with E-state index in [0.29, 0.717) is 0 Å². The van der Waals surface area contributed by atoms with E-state index < -0.39 is 0 Å². The standard InChI is InChI=1S/C14H20BNO2/c1-11-10-16-9-7-12(11)6-8-15-17-13(2,3)14(4,5)18-15/h6-10H,1-5H3/b8-6+. The second kappa shape index (κ2) is 4.52. The Morgan fingerprint density at radius 1 is 1.17 bits per heavy atom. The van der Waals surface area contributed by atoms with E-state index in [0.717, 1.165) is 11.1 Å². The van der Waals surface area contributed by atoms with Gasteiger partial charge in [-0.2, -0.15) is 0 Å². The Morgan fingerprint density at radius 2 is 1.78 bits per heavy atom. The highest BCUT2D eigenvalue weighted by Gasteiger charge is 2.49. The first-order valence-corrected chi connectivity index (χ1v) is 6.26. The van der Waals surface area contributed by atoms with Gasteiger partial charge < -0.3 is 9.31 Å². The first kappa shape index (κ1) is 13.3. The molecule has 0 atom stereocenters. The maximum absolute atomic E-state index is 5.90. The van der Waals surface area contributed by atoms with Crippen LogP contribution in [0.25, 0.3) is 6.08 Å². The molecular weight excluding hydrogens is 225 g/mol. The van der Waals surface area contributed by atoms with E-state index in [1.54, 1.807) is 6.20 Å². The van der Waals surface area contributed by atoms with Crippen molar-refractivity contribution in [3.05, 3.63) is 35.6 Å². The maximum Gasteiger partial charge on any atom is 0.487 e. The molecule has 1 aromatic rings. The van der Waals surface area contributed by atoms with Gasteiger partial charge >= 0.3 is 7.12 Å². The van der Waals surface area contributed by atoms with E-state index in [-0.39, 0.29) is 18.3 Å². The molecule has 0 N–H and O–H groups in total. The molecular formula is C14H20BNO2. The number of pyridine rings is 1. The predicted molar refractivity (Wildman–Crippen MR) is 74.1 cm³/mol. The van der Waals surface area contributed by atoms with E-state index in [1.165, 1.54) is 0 Å². The van der Waals surface area contributed by atoms with Crippen molar-refractivity contribution >= 4 is 13.2 Å². The van der Waals surface area contributed by atoms with Crippen LogP contribution in [0.3, 0.4) is 0 Å². The van der Waals surface area contributed by atoms with Crippen molar-refractivity contribution in [3.63, 3.8) is 0 Å². The summed E-state index contributed by atoms with van der Waals surface area (Å²) < 4.78 is 11.8. The van der Waals surface area contributed by atoms with Crippen molar-refractivity contribution in [2.75, 3.05) is 0 Å². The summed E-state index contributed by atoms with van der Waals surface area (Å²) in [6.45, 7) is 10.3. The van der Waals surface area contributed by atoms with Gasteiger partial charge in [0.1, 0.15) is 0 Å². The summed E-state index contributed by atoms with van der Waals surface area (Å²) in [7, 11) is -0.289. The molecule has 1 aromatic heterocycles. The van der Waals surface area contributed by atoms with Crippen LogP contribution in [0.1, 0.15) is 38.8 Å². The highest BCUT2D eigenvalue weighted by molar-refractivity contribution is 6.52. The van der Waals surface area contributed by atoms with Crippen LogP contribution in [0.2, 0.25) is 0 Å². The molecule has 0 aliphatic carbocycles. The highest BCUT2D eigenvalue weighted by atomic mass is 16.7. The van der Waals surface area contributed by atoms with Crippen molar-refractivity contribution < 1.29 is 9.31 Å². The molecule has 2 rings (SSSR count). The van der Waals surface area contributed by atoms with Gasteiger partial charge in [0, 0.05) is 12.4 Å². The smallest absolute Gasteiger partial charge is 0.400 e. The lowest BCUT2D eigenvalue weighted by Crippen LogP contribution is -2.41. The van der Waals surface area contributed by atoms with Crippen molar-refractivity contribution in [1.82, 2.24) is 4.98 Å². The molecule has 18 heavy (non-hydrogen) atoms. The Bertz CT molecular complexity index is 453. The Morgan fingerprint density at radius 3 is 2.33 bits per heavy atom. The third-order valence-corrected chi connectivity index (χ3v) is 3.77. The molecule has 1 saturated heterocycles. The monoisotopic (exact) mass is 245 g/mol. The van der Waals surface area contributed by atoms with E-state index in [1.807, 2.05) is 31.2 Å². The number of nitrogens with zero attached hydrogens (tertiary/aromatic N) is 1. The SMILES string of the molecule is Cc1cnccc1/C=C/B1OC(C)(C)C(C)(C)O1. The van der Waals surface area contributed by atoms with Gasteiger partial charge in [0.05, 0.1) is 11.2 Å². The molecule has 1 fully saturated rings. The zero-order chi connectivity index (χ0) is 13.4. The van der Waals surface area contributed by atoms with Crippen molar-refractivity contribution in [1.29, 1.82) is 0 Å². The summed E-state index contributed by atoms with van der Waals surface area (Å²) in [6, 6.07) is 1.98. The average Bonchev–Trinajstić information content (AvgIpc) is 2.46. The Balaban J connectivity index is 2.11. The van der Waals surface area contributed by atoms with Crippen molar-refractivity contribution in [2.45, 2.75) is 45.8 Å². The Labute approximate surface area is 109 Å². The quantitative estimate of drug-likeness (QED) is 0.750. The summed E-state index contributed by atoms with van der Waals surface area (Å²) in [5.74, 6) is 1.96. The number of aromatic nitrogens is 1. The van der Waals surface area contributed by atoms with Crippen molar-refractivity contribution in [2.24, 2.45) is 0 Å². The van der Waals surface area contributed by atoms with E-state index >= 15 is 0 Å². The maximum atomic E-state index is 5.90. The van der Waals surface area contributed by atoms with Gasteiger partial charge in [0.15, 0.2) is 0 Å².